The van der Waals surface area contributed by atoms with E-state index in [1.165, 1.54) is 50.1 Å². The third kappa shape index (κ3) is 4.98. The van der Waals surface area contributed by atoms with Crippen molar-refractivity contribution in [2.75, 3.05) is 0 Å². The van der Waals surface area contributed by atoms with Crippen molar-refractivity contribution in [1.29, 1.82) is 0 Å². The summed E-state index contributed by atoms with van der Waals surface area (Å²) in [6.45, 7) is 0. The van der Waals surface area contributed by atoms with Crippen LogP contribution in [0.3, 0.4) is 0 Å². The fourth-order valence-corrected chi connectivity index (χ4v) is 10.4. The lowest BCUT2D eigenvalue weighted by atomic mass is 9.70. The van der Waals surface area contributed by atoms with Gasteiger partial charge in [0.1, 0.15) is 11.2 Å². The minimum atomic E-state index is -0.414. The summed E-state index contributed by atoms with van der Waals surface area (Å²) in [6.07, 6.45) is 0. The van der Waals surface area contributed by atoms with E-state index in [1.807, 2.05) is 48.5 Å². The molecule has 62 heavy (non-hydrogen) atoms. The van der Waals surface area contributed by atoms with Crippen molar-refractivity contribution in [3.05, 3.63) is 235 Å². The first kappa shape index (κ1) is 34.6. The molecule has 9 aromatic carbocycles. The number of furan rings is 1. The second-order valence-corrected chi connectivity index (χ2v) is 16.2. The predicted molar refractivity (Wildman–Crippen MR) is 251 cm³/mol. The number of nitrogens with zero attached hydrogens (tertiary/aromatic N) is 3. The Morgan fingerprint density at radius 3 is 1.56 bits per heavy atom. The highest BCUT2D eigenvalue weighted by Crippen LogP contribution is 2.64. The standard InChI is InChI=1S/C58H35N3O/c1-3-16-36(17-4-1)38-20-13-21-40(34-38)56-59-55(37-18-5-2-6-19-37)60-57(61-56)45-26-15-31-52-54(45)46-35-39(32-33-51(46)62-52)41-25-14-30-50-53(41)44-24-9-12-29-49(44)58(50)47-27-10-7-22-42(47)43-23-8-11-28-48(43)58/h1-35H. The van der Waals surface area contributed by atoms with E-state index in [0.717, 1.165) is 55.3 Å². The summed E-state index contributed by atoms with van der Waals surface area (Å²) in [7, 11) is 0. The van der Waals surface area contributed by atoms with Gasteiger partial charge in [0, 0.05) is 27.5 Å². The van der Waals surface area contributed by atoms with Gasteiger partial charge in [-0.1, -0.05) is 188 Å². The lowest BCUT2D eigenvalue weighted by Crippen LogP contribution is -2.25. The van der Waals surface area contributed by atoms with Crippen LogP contribution in [0, 0.1) is 0 Å². The molecule has 0 saturated carbocycles. The van der Waals surface area contributed by atoms with Gasteiger partial charge in [0.15, 0.2) is 17.5 Å². The lowest BCUT2D eigenvalue weighted by molar-refractivity contribution is 0.669. The highest BCUT2D eigenvalue weighted by molar-refractivity contribution is 6.13. The first-order valence-electron chi connectivity index (χ1n) is 21.1. The summed E-state index contributed by atoms with van der Waals surface area (Å²) in [6, 6.07) is 75.6. The maximum Gasteiger partial charge on any atom is 0.164 e. The van der Waals surface area contributed by atoms with Gasteiger partial charge in [-0.3, -0.25) is 0 Å². The van der Waals surface area contributed by atoms with Crippen LogP contribution in [0.5, 0.6) is 0 Å². The summed E-state index contributed by atoms with van der Waals surface area (Å²) in [5.41, 5.74) is 18.9. The Balaban J connectivity index is 1.02. The van der Waals surface area contributed by atoms with Gasteiger partial charge in [0.25, 0.3) is 0 Å². The first-order valence-corrected chi connectivity index (χ1v) is 21.1. The van der Waals surface area contributed by atoms with Crippen molar-refractivity contribution in [1.82, 2.24) is 15.0 Å². The fourth-order valence-electron chi connectivity index (χ4n) is 10.4. The SMILES string of the molecule is c1ccc(-c2cccc(-c3nc(-c4ccccc4)nc(-c4cccc5oc6ccc(-c7cccc8c7-c7ccccc7C87c8ccccc8-c8ccccc87)cc6c45)n3)c2)cc1. The third-order valence-corrected chi connectivity index (χ3v) is 13.0. The molecule has 2 aliphatic rings. The molecule has 4 nitrogen and oxygen atoms in total. The van der Waals surface area contributed by atoms with E-state index < -0.39 is 5.41 Å². The van der Waals surface area contributed by atoms with Gasteiger partial charge in [-0.25, -0.2) is 15.0 Å². The number of aromatic nitrogens is 3. The molecule has 0 aliphatic heterocycles. The van der Waals surface area contributed by atoms with Crippen molar-refractivity contribution in [3.8, 4) is 78.7 Å². The number of benzene rings is 9. The number of rotatable bonds is 5. The van der Waals surface area contributed by atoms with Gasteiger partial charge in [0.2, 0.25) is 0 Å². The second kappa shape index (κ2) is 13.4. The Morgan fingerprint density at radius 2 is 0.823 bits per heavy atom. The monoisotopic (exact) mass is 789 g/mol. The Morgan fingerprint density at radius 1 is 0.306 bits per heavy atom. The van der Waals surface area contributed by atoms with Crippen LogP contribution in [0.15, 0.2) is 217 Å². The van der Waals surface area contributed by atoms with Crippen LogP contribution in [0.1, 0.15) is 22.3 Å². The van der Waals surface area contributed by atoms with Gasteiger partial charge in [-0.15, -0.1) is 0 Å². The Bertz CT molecular complexity index is 3540. The van der Waals surface area contributed by atoms with Gasteiger partial charge >= 0.3 is 0 Å². The second-order valence-electron chi connectivity index (χ2n) is 16.2. The summed E-state index contributed by atoms with van der Waals surface area (Å²) >= 11 is 0. The van der Waals surface area contributed by atoms with Crippen LogP contribution in [-0.2, 0) is 5.41 Å². The molecule has 2 aromatic heterocycles. The topological polar surface area (TPSA) is 51.8 Å². The van der Waals surface area contributed by atoms with Crippen molar-refractivity contribution in [2.24, 2.45) is 0 Å². The predicted octanol–water partition coefficient (Wildman–Crippen LogP) is 14.4. The molecule has 0 unspecified atom stereocenters. The highest BCUT2D eigenvalue weighted by atomic mass is 16.3. The fraction of sp³-hybridized carbons (Fsp3) is 0.0172. The van der Waals surface area contributed by atoms with Gasteiger partial charge in [-0.2, -0.15) is 0 Å². The van der Waals surface area contributed by atoms with Gasteiger partial charge < -0.3 is 4.42 Å². The molecule has 0 N–H and O–H groups in total. The Kier molecular flexibility index (Phi) is 7.49. The zero-order valence-electron chi connectivity index (χ0n) is 33.5. The minimum Gasteiger partial charge on any atom is -0.456 e. The van der Waals surface area contributed by atoms with Gasteiger partial charge in [-0.05, 0) is 91.0 Å². The molecule has 2 aliphatic carbocycles. The summed E-state index contributed by atoms with van der Waals surface area (Å²) in [5.74, 6) is 1.82. The van der Waals surface area contributed by atoms with E-state index in [2.05, 4.69) is 164 Å². The molecule has 0 bridgehead atoms. The number of hydrogen-bond donors (Lipinski definition) is 0. The zero-order chi connectivity index (χ0) is 40.8. The molecule has 0 atom stereocenters. The molecule has 4 heteroatoms. The average molecular weight is 790 g/mol. The molecular formula is C58H35N3O. The molecule has 11 aromatic rings. The largest absolute Gasteiger partial charge is 0.456 e. The Hall–Kier alpha value is -8.21. The smallest absolute Gasteiger partial charge is 0.164 e. The van der Waals surface area contributed by atoms with Crippen LogP contribution >= 0.6 is 0 Å². The maximum atomic E-state index is 6.63. The summed E-state index contributed by atoms with van der Waals surface area (Å²) < 4.78 is 6.63. The van der Waals surface area contributed by atoms with Crippen LogP contribution < -0.4 is 0 Å². The van der Waals surface area contributed by atoms with Crippen molar-refractivity contribution in [2.45, 2.75) is 5.41 Å². The van der Waals surface area contributed by atoms with E-state index in [-0.39, 0.29) is 0 Å². The normalized spacial score (nSPS) is 13.0. The van der Waals surface area contributed by atoms with E-state index in [9.17, 15) is 0 Å². The molecule has 0 saturated heterocycles. The van der Waals surface area contributed by atoms with Gasteiger partial charge in [0.05, 0.1) is 5.41 Å². The zero-order valence-corrected chi connectivity index (χ0v) is 33.5. The first-order chi connectivity index (χ1) is 30.7. The minimum absolute atomic E-state index is 0.414. The molecule has 0 fully saturated rings. The summed E-state index contributed by atoms with van der Waals surface area (Å²) in [4.78, 5) is 15.5. The van der Waals surface area contributed by atoms with Crippen LogP contribution in [0.2, 0.25) is 0 Å². The van der Waals surface area contributed by atoms with E-state index >= 15 is 0 Å². The van der Waals surface area contributed by atoms with E-state index in [4.69, 9.17) is 19.4 Å². The summed E-state index contributed by atoms with van der Waals surface area (Å²) in [5, 5.41) is 1.99. The van der Waals surface area contributed by atoms with Crippen LogP contribution in [0.4, 0.5) is 0 Å². The quantitative estimate of drug-likeness (QED) is 0.174. The van der Waals surface area contributed by atoms with Crippen molar-refractivity contribution >= 4 is 21.9 Å². The van der Waals surface area contributed by atoms with E-state index in [1.54, 1.807) is 0 Å². The lowest BCUT2D eigenvalue weighted by Gasteiger charge is -2.30. The third-order valence-electron chi connectivity index (χ3n) is 13.0. The van der Waals surface area contributed by atoms with E-state index in [0.29, 0.717) is 17.5 Å². The molecule has 0 amide bonds. The van der Waals surface area contributed by atoms with Crippen molar-refractivity contribution < 1.29 is 4.42 Å². The highest BCUT2D eigenvalue weighted by Gasteiger charge is 2.52. The van der Waals surface area contributed by atoms with Crippen LogP contribution in [0.25, 0.3) is 101 Å². The maximum absolute atomic E-state index is 6.63. The Labute approximate surface area is 358 Å². The molecule has 288 valence electrons. The average Bonchev–Trinajstić information content (AvgIpc) is 3.98. The molecule has 0 radical (unpaired) electrons. The molecule has 1 spiro atoms. The molecule has 2 heterocycles. The number of hydrogen-bond acceptors (Lipinski definition) is 4. The number of fused-ring (bicyclic) bond motifs is 13. The van der Waals surface area contributed by atoms with Crippen molar-refractivity contribution in [3.63, 3.8) is 0 Å². The van der Waals surface area contributed by atoms with Crippen LogP contribution in [-0.4, -0.2) is 15.0 Å². The molecule has 13 rings (SSSR count). The molecular weight excluding hydrogens is 755 g/mol.